The monoisotopic (exact) mass is 336 g/mol. The van der Waals surface area contributed by atoms with Crippen molar-refractivity contribution in [2.24, 2.45) is 0 Å². The van der Waals surface area contributed by atoms with E-state index in [0.717, 1.165) is 12.1 Å². The highest BCUT2D eigenvalue weighted by Gasteiger charge is 2.19. The van der Waals surface area contributed by atoms with Crippen LogP contribution in [0.1, 0.15) is 0 Å². The van der Waals surface area contributed by atoms with Gasteiger partial charge in [-0.3, -0.25) is 14.9 Å². The fraction of sp³-hybridized carbons (Fsp3) is 0.0769. The number of nitro groups is 2. The Balaban J connectivity index is 2.08. The Kier molecular flexibility index (Phi) is 4.94. The smallest absolute Gasteiger partial charge is 0.406 e. The number of pyridine rings is 1. The Bertz CT molecular complexity index is 813. The van der Waals surface area contributed by atoms with E-state index in [1.54, 1.807) is 0 Å². The van der Waals surface area contributed by atoms with E-state index in [1.165, 1.54) is 18.3 Å². The van der Waals surface area contributed by atoms with E-state index in [2.05, 4.69) is 10.3 Å². The molecule has 0 atom stereocenters. The third-order valence-electron chi connectivity index (χ3n) is 2.71. The van der Waals surface area contributed by atoms with E-state index in [9.17, 15) is 29.4 Å². The molecule has 0 spiro atoms. The van der Waals surface area contributed by atoms with Crippen LogP contribution in [-0.4, -0.2) is 27.3 Å². The van der Waals surface area contributed by atoms with Crippen molar-refractivity contribution in [3.05, 3.63) is 62.6 Å². The van der Waals surface area contributed by atoms with Crippen molar-refractivity contribution >= 4 is 23.1 Å². The number of rotatable bonds is 6. The lowest BCUT2D eigenvalue weighted by Gasteiger charge is -2.08. The number of anilines is 1. The van der Waals surface area contributed by atoms with Gasteiger partial charge in [0.2, 0.25) is 5.75 Å². The molecule has 24 heavy (non-hydrogen) atoms. The molecule has 2 rings (SSSR count). The summed E-state index contributed by atoms with van der Waals surface area (Å²) >= 11 is 0. The van der Waals surface area contributed by atoms with Crippen molar-refractivity contribution in [2.75, 3.05) is 11.9 Å². The summed E-state index contributed by atoms with van der Waals surface area (Å²) in [5.74, 6) is -2.45. The Morgan fingerprint density at radius 2 is 2.00 bits per heavy atom. The van der Waals surface area contributed by atoms with Gasteiger partial charge in [-0.25, -0.2) is 4.39 Å². The Labute approximate surface area is 133 Å². The first-order valence-electron chi connectivity index (χ1n) is 6.34. The average Bonchev–Trinajstić information content (AvgIpc) is 2.54. The molecule has 0 aliphatic rings. The maximum absolute atomic E-state index is 13.0. The number of nitrogens with zero attached hydrogens (tertiary/aromatic N) is 3. The van der Waals surface area contributed by atoms with Crippen LogP contribution in [0, 0.1) is 26.0 Å². The molecule has 2 aromatic rings. The number of nitro benzene ring substituents is 1. The summed E-state index contributed by atoms with van der Waals surface area (Å²) < 4.78 is 18.0. The third-order valence-corrected chi connectivity index (χ3v) is 2.71. The molecular weight excluding hydrogens is 327 g/mol. The largest absolute Gasteiger partial charge is 0.476 e. The summed E-state index contributed by atoms with van der Waals surface area (Å²) in [7, 11) is 0. The Morgan fingerprint density at radius 3 is 2.67 bits per heavy atom. The molecule has 0 unspecified atom stereocenters. The fourth-order valence-corrected chi connectivity index (χ4v) is 1.72. The van der Waals surface area contributed by atoms with Gasteiger partial charge in [-0.2, -0.15) is 0 Å². The highest BCUT2D eigenvalue weighted by atomic mass is 19.1. The zero-order valence-electron chi connectivity index (χ0n) is 11.8. The van der Waals surface area contributed by atoms with Gasteiger partial charge in [0.25, 0.3) is 11.6 Å². The lowest BCUT2D eigenvalue weighted by molar-refractivity contribution is -0.390. The number of carbonyl (C=O) groups excluding carboxylic acids is 1. The van der Waals surface area contributed by atoms with Crippen molar-refractivity contribution in [3.8, 4) is 5.75 Å². The van der Waals surface area contributed by atoms with Crippen LogP contribution in [0.3, 0.4) is 0 Å². The zero-order chi connectivity index (χ0) is 17.7. The molecule has 0 fully saturated rings. The summed E-state index contributed by atoms with van der Waals surface area (Å²) in [5, 5.41) is 23.8. The molecule has 1 N–H and O–H groups in total. The number of ether oxygens (including phenoxy) is 1. The minimum absolute atomic E-state index is 0.226. The molecule has 1 aromatic carbocycles. The highest BCUT2D eigenvalue weighted by Crippen LogP contribution is 2.25. The number of carbonyl (C=O) groups is 1. The van der Waals surface area contributed by atoms with Crippen LogP contribution in [0.5, 0.6) is 5.75 Å². The minimum atomic E-state index is -0.856. The number of hydrogen-bond acceptors (Lipinski definition) is 7. The van der Waals surface area contributed by atoms with Gasteiger partial charge < -0.3 is 20.2 Å². The van der Waals surface area contributed by atoms with Gasteiger partial charge >= 0.3 is 5.82 Å². The van der Waals surface area contributed by atoms with Crippen molar-refractivity contribution in [1.29, 1.82) is 0 Å². The number of halogens is 1. The maximum Gasteiger partial charge on any atom is 0.406 e. The zero-order valence-corrected chi connectivity index (χ0v) is 11.8. The van der Waals surface area contributed by atoms with E-state index in [0.29, 0.717) is 6.07 Å². The van der Waals surface area contributed by atoms with E-state index in [-0.39, 0.29) is 11.4 Å². The molecule has 0 aliphatic heterocycles. The second kappa shape index (κ2) is 7.09. The lowest BCUT2D eigenvalue weighted by Crippen LogP contribution is -2.21. The van der Waals surface area contributed by atoms with Crippen molar-refractivity contribution < 1.29 is 23.8 Å². The quantitative estimate of drug-likeness (QED) is 0.629. The number of hydrogen-bond donors (Lipinski definition) is 1. The van der Waals surface area contributed by atoms with E-state index in [1.807, 2.05) is 0 Å². The number of aromatic nitrogens is 1. The normalized spacial score (nSPS) is 10.0. The van der Waals surface area contributed by atoms with Gasteiger partial charge in [0.05, 0.1) is 11.0 Å². The summed E-state index contributed by atoms with van der Waals surface area (Å²) in [6, 6.07) is 5.25. The van der Waals surface area contributed by atoms with Crippen LogP contribution in [0.4, 0.5) is 21.6 Å². The molecule has 0 saturated heterocycles. The molecule has 0 saturated carbocycles. The molecule has 0 radical (unpaired) electrons. The van der Waals surface area contributed by atoms with E-state index < -0.39 is 39.7 Å². The molecule has 11 heteroatoms. The molecule has 1 heterocycles. The molecule has 0 bridgehead atoms. The number of amides is 1. The van der Waals surface area contributed by atoms with Gasteiger partial charge in [-0.1, -0.05) is 0 Å². The highest BCUT2D eigenvalue weighted by molar-refractivity contribution is 5.94. The van der Waals surface area contributed by atoms with Crippen LogP contribution in [0.2, 0.25) is 0 Å². The number of benzene rings is 1. The van der Waals surface area contributed by atoms with Crippen molar-refractivity contribution in [3.63, 3.8) is 0 Å². The lowest BCUT2D eigenvalue weighted by atomic mass is 10.2. The van der Waals surface area contributed by atoms with Gasteiger partial charge in [0.1, 0.15) is 17.7 Å². The van der Waals surface area contributed by atoms with E-state index in [4.69, 9.17) is 4.74 Å². The molecule has 0 aliphatic carbocycles. The van der Waals surface area contributed by atoms with Crippen LogP contribution in [0.25, 0.3) is 0 Å². The molecule has 1 aromatic heterocycles. The van der Waals surface area contributed by atoms with Gasteiger partial charge in [-0.15, -0.1) is 0 Å². The van der Waals surface area contributed by atoms with Crippen LogP contribution >= 0.6 is 0 Å². The van der Waals surface area contributed by atoms with Crippen LogP contribution in [0.15, 0.2) is 36.5 Å². The summed E-state index contributed by atoms with van der Waals surface area (Å²) in [6.45, 7) is -0.652. The molecular formula is C13H9FN4O6. The van der Waals surface area contributed by atoms with Gasteiger partial charge in [0.15, 0.2) is 6.61 Å². The Morgan fingerprint density at radius 1 is 1.25 bits per heavy atom. The molecule has 1 amide bonds. The second-order valence-electron chi connectivity index (χ2n) is 4.34. The first-order valence-corrected chi connectivity index (χ1v) is 6.34. The topological polar surface area (TPSA) is 138 Å². The standard InChI is InChI=1S/C13H9FN4O6/c14-8-3-4-9(10(6-8)17(20)21)16-12(19)7-24-11-2-1-5-15-13(11)18(22)23/h1-6H,7H2,(H,16,19). The maximum atomic E-state index is 13.0. The number of nitrogens with one attached hydrogen (secondary N) is 1. The first-order chi connectivity index (χ1) is 11.4. The third kappa shape index (κ3) is 3.97. The van der Waals surface area contributed by atoms with Crippen LogP contribution in [-0.2, 0) is 4.79 Å². The van der Waals surface area contributed by atoms with E-state index >= 15 is 0 Å². The fourth-order valence-electron chi connectivity index (χ4n) is 1.72. The summed E-state index contributed by atoms with van der Waals surface area (Å²) in [6.07, 6.45) is 1.19. The predicted molar refractivity (Wildman–Crippen MR) is 78.1 cm³/mol. The average molecular weight is 336 g/mol. The van der Waals surface area contributed by atoms with Gasteiger partial charge in [-0.05, 0) is 34.2 Å². The molecule has 124 valence electrons. The summed E-state index contributed by atoms with van der Waals surface area (Å²) in [4.78, 5) is 35.2. The van der Waals surface area contributed by atoms with Crippen molar-refractivity contribution in [1.82, 2.24) is 4.98 Å². The minimum Gasteiger partial charge on any atom is -0.476 e. The first kappa shape index (κ1) is 16.7. The SMILES string of the molecule is O=C(COc1cccnc1[N+](=O)[O-])Nc1ccc(F)cc1[N+](=O)[O-]. The summed E-state index contributed by atoms with van der Waals surface area (Å²) in [5.41, 5.74) is -0.855. The predicted octanol–water partition coefficient (Wildman–Crippen LogP) is 2.05. The van der Waals surface area contributed by atoms with Crippen LogP contribution < -0.4 is 10.1 Å². The van der Waals surface area contributed by atoms with Gasteiger partial charge in [0, 0.05) is 0 Å². The molecule has 10 nitrogen and oxygen atoms in total. The Hall–Kier alpha value is -3.63. The second-order valence-corrected chi connectivity index (χ2v) is 4.34. The van der Waals surface area contributed by atoms with Crippen molar-refractivity contribution in [2.45, 2.75) is 0 Å².